The molecule has 0 unspecified atom stereocenters. The molecule has 1 amide bonds. The molecule has 1 aliphatic rings. The van der Waals surface area contributed by atoms with Gasteiger partial charge in [0.05, 0.1) is 0 Å². The predicted molar refractivity (Wildman–Crippen MR) is 104 cm³/mol. The highest BCUT2D eigenvalue weighted by Gasteiger charge is 2.25. The minimum atomic E-state index is -0.327. The molecule has 2 heterocycles. The van der Waals surface area contributed by atoms with Crippen molar-refractivity contribution >= 4 is 11.9 Å². The van der Waals surface area contributed by atoms with E-state index in [0.717, 1.165) is 31.7 Å². The van der Waals surface area contributed by atoms with Crippen molar-refractivity contribution < 1.29 is 9.21 Å². The third-order valence-corrected chi connectivity index (χ3v) is 4.71. The van der Waals surface area contributed by atoms with E-state index in [1.165, 1.54) is 0 Å². The number of nitrogens with one attached hydrogen (secondary N) is 1. The lowest BCUT2D eigenvalue weighted by Gasteiger charge is -2.30. The number of anilines is 1. The van der Waals surface area contributed by atoms with Gasteiger partial charge in [-0.15, -0.1) is 5.10 Å². The van der Waals surface area contributed by atoms with Crippen molar-refractivity contribution in [2.75, 3.05) is 38.1 Å². The molecule has 1 aliphatic heterocycles. The Morgan fingerprint density at radius 2 is 1.85 bits per heavy atom. The van der Waals surface area contributed by atoms with Gasteiger partial charge in [0.2, 0.25) is 11.8 Å². The van der Waals surface area contributed by atoms with Crippen molar-refractivity contribution in [2.45, 2.75) is 32.7 Å². The van der Waals surface area contributed by atoms with E-state index in [1.54, 1.807) is 0 Å². The summed E-state index contributed by atoms with van der Waals surface area (Å²) in [6, 6.07) is 10.3. The van der Waals surface area contributed by atoms with Gasteiger partial charge in [-0.05, 0) is 18.5 Å². The number of hydrogen-bond donors (Lipinski definition) is 1. The minimum Gasteiger partial charge on any atom is -0.406 e. The Hall–Kier alpha value is -2.41. The molecule has 7 heteroatoms. The topological polar surface area (TPSA) is 74.5 Å². The van der Waals surface area contributed by atoms with Crippen LogP contribution in [0.2, 0.25) is 0 Å². The van der Waals surface area contributed by atoms with Crippen LogP contribution in [0.4, 0.5) is 6.01 Å². The number of carbonyl (C=O) groups excluding carboxylic acids is 1. The molecule has 2 aromatic rings. The third kappa shape index (κ3) is 5.53. The fourth-order valence-corrected chi connectivity index (χ4v) is 3.17. The summed E-state index contributed by atoms with van der Waals surface area (Å²) in [4.78, 5) is 16.7. The van der Waals surface area contributed by atoms with Crippen LogP contribution in [0.25, 0.3) is 0 Å². The summed E-state index contributed by atoms with van der Waals surface area (Å²) < 4.78 is 5.97. The number of benzene rings is 1. The summed E-state index contributed by atoms with van der Waals surface area (Å²) in [5.74, 6) is 0.765. The fraction of sp³-hybridized carbons (Fsp3) is 0.550. The van der Waals surface area contributed by atoms with Crippen LogP contribution in [-0.2, 0) is 11.2 Å². The first-order valence-electron chi connectivity index (χ1n) is 9.61. The molecule has 1 fully saturated rings. The molecule has 0 bridgehead atoms. The number of likely N-dealkylation sites (N-methyl/N-ethyl adjacent to an activating group) is 1. The highest BCUT2D eigenvalue weighted by molar-refractivity contribution is 5.76. The normalized spacial score (nSPS) is 16.5. The van der Waals surface area contributed by atoms with Crippen LogP contribution >= 0.6 is 0 Å². The highest BCUT2D eigenvalue weighted by atomic mass is 16.4. The van der Waals surface area contributed by atoms with Crippen LogP contribution < -0.4 is 10.2 Å². The molecular formula is C20H29N5O2. The third-order valence-electron chi connectivity index (χ3n) is 4.71. The first-order valence-corrected chi connectivity index (χ1v) is 9.61. The molecule has 3 rings (SSSR count). The Morgan fingerprint density at radius 1 is 1.15 bits per heavy atom. The molecule has 1 N–H and O–H groups in total. The zero-order valence-corrected chi connectivity index (χ0v) is 16.4. The molecule has 0 saturated carbocycles. The number of rotatable bonds is 7. The van der Waals surface area contributed by atoms with Crippen molar-refractivity contribution in [1.82, 2.24) is 20.4 Å². The summed E-state index contributed by atoms with van der Waals surface area (Å²) in [6.45, 7) is 7.73. The van der Waals surface area contributed by atoms with Crippen LogP contribution in [-0.4, -0.2) is 54.2 Å². The van der Waals surface area contributed by atoms with Gasteiger partial charge in [-0.25, -0.2) is 0 Å². The number of piperazine rings is 1. The van der Waals surface area contributed by atoms with E-state index in [0.29, 0.717) is 30.7 Å². The lowest BCUT2D eigenvalue weighted by atomic mass is 10.0. The standard InChI is InChI=1S/C20H29N5O2/c1-15(2)13-18(26)21-17(14-16-7-5-4-6-8-16)19-22-23-20(27-19)25-11-9-24(3)10-12-25/h4-8,15,17H,9-14H2,1-3H3,(H,21,26)/t17-/m0/s1. The monoisotopic (exact) mass is 371 g/mol. The molecule has 0 radical (unpaired) electrons. The summed E-state index contributed by atoms with van der Waals surface area (Å²) in [6.07, 6.45) is 1.10. The Kier molecular flexibility index (Phi) is 6.45. The molecule has 1 aromatic heterocycles. The summed E-state index contributed by atoms with van der Waals surface area (Å²) in [5.41, 5.74) is 1.12. The molecule has 27 heavy (non-hydrogen) atoms. The van der Waals surface area contributed by atoms with Crippen molar-refractivity contribution in [1.29, 1.82) is 0 Å². The summed E-state index contributed by atoms with van der Waals surface area (Å²) in [5, 5.41) is 11.6. The number of hydrogen-bond acceptors (Lipinski definition) is 6. The first kappa shape index (κ1) is 19.4. The molecule has 1 saturated heterocycles. The minimum absolute atomic E-state index is 0.00489. The Bertz CT molecular complexity index is 723. The Labute approximate surface area is 160 Å². The summed E-state index contributed by atoms with van der Waals surface area (Å²) in [7, 11) is 2.11. The molecule has 1 atom stereocenters. The van der Waals surface area contributed by atoms with E-state index < -0.39 is 0 Å². The van der Waals surface area contributed by atoms with E-state index in [4.69, 9.17) is 4.42 Å². The number of nitrogens with zero attached hydrogens (tertiary/aromatic N) is 4. The highest BCUT2D eigenvalue weighted by Crippen LogP contribution is 2.22. The number of aromatic nitrogens is 2. The molecule has 0 spiro atoms. The molecule has 146 valence electrons. The van der Waals surface area contributed by atoms with E-state index in [2.05, 4.69) is 32.4 Å². The maximum absolute atomic E-state index is 12.4. The van der Waals surface area contributed by atoms with E-state index >= 15 is 0 Å². The zero-order valence-electron chi connectivity index (χ0n) is 16.4. The average molecular weight is 371 g/mol. The van der Waals surface area contributed by atoms with Crippen molar-refractivity contribution in [3.63, 3.8) is 0 Å². The van der Waals surface area contributed by atoms with E-state index in [-0.39, 0.29) is 11.9 Å². The average Bonchev–Trinajstić information content (AvgIpc) is 3.12. The maximum Gasteiger partial charge on any atom is 0.318 e. The van der Waals surface area contributed by atoms with Gasteiger partial charge < -0.3 is 19.5 Å². The predicted octanol–water partition coefficient (Wildman–Crippen LogP) is 2.27. The SMILES string of the molecule is CC(C)CC(=O)N[C@@H](Cc1ccccc1)c1nnc(N2CCN(C)CC2)o1. The number of amides is 1. The lowest BCUT2D eigenvalue weighted by Crippen LogP contribution is -2.44. The van der Waals surface area contributed by atoms with Crippen LogP contribution in [0.1, 0.15) is 37.8 Å². The van der Waals surface area contributed by atoms with Gasteiger partial charge >= 0.3 is 6.01 Å². The maximum atomic E-state index is 12.4. The zero-order chi connectivity index (χ0) is 19.2. The molecule has 1 aromatic carbocycles. The quantitative estimate of drug-likeness (QED) is 0.805. The van der Waals surface area contributed by atoms with Gasteiger partial charge in [0, 0.05) is 39.0 Å². The number of carbonyl (C=O) groups is 1. The van der Waals surface area contributed by atoms with Gasteiger partial charge in [0.25, 0.3) is 0 Å². The molecule has 0 aliphatic carbocycles. The lowest BCUT2D eigenvalue weighted by molar-refractivity contribution is -0.122. The van der Waals surface area contributed by atoms with Crippen LogP contribution in [0.5, 0.6) is 0 Å². The Morgan fingerprint density at radius 3 is 2.52 bits per heavy atom. The van der Waals surface area contributed by atoms with Crippen molar-refractivity contribution in [3.8, 4) is 0 Å². The van der Waals surface area contributed by atoms with Crippen LogP contribution in [0.3, 0.4) is 0 Å². The van der Waals surface area contributed by atoms with Crippen molar-refractivity contribution in [3.05, 3.63) is 41.8 Å². The second-order valence-electron chi connectivity index (χ2n) is 7.62. The molecule has 7 nitrogen and oxygen atoms in total. The van der Waals surface area contributed by atoms with Gasteiger partial charge in [-0.2, -0.15) is 0 Å². The van der Waals surface area contributed by atoms with Gasteiger partial charge in [0.1, 0.15) is 6.04 Å². The van der Waals surface area contributed by atoms with Crippen molar-refractivity contribution in [2.24, 2.45) is 5.92 Å². The largest absolute Gasteiger partial charge is 0.406 e. The smallest absolute Gasteiger partial charge is 0.318 e. The fourth-order valence-electron chi connectivity index (χ4n) is 3.17. The second-order valence-corrected chi connectivity index (χ2v) is 7.62. The van der Waals surface area contributed by atoms with Gasteiger partial charge in [-0.1, -0.05) is 49.3 Å². The molecular weight excluding hydrogens is 342 g/mol. The Balaban J connectivity index is 1.74. The van der Waals surface area contributed by atoms with E-state index in [9.17, 15) is 4.79 Å². The van der Waals surface area contributed by atoms with Crippen LogP contribution in [0, 0.1) is 5.92 Å². The van der Waals surface area contributed by atoms with Gasteiger partial charge in [-0.3, -0.25) is 4.79 Å². The second kappa shape index (κ2) is 8.99. The summed E-state index contributed by atoms with van der Waals surface area (Å²) >= 11 is 0. The van der Waals surface area contributed by atoms with Gasteiger partial charge in [0.15, 0.2) is 0 Å². The van der Waals surface area contributed by atoms with Crippen LogP contribution in [0.15, 0.2) is 34.7 Å². The first-order chi connectivity index (χ1) is 13.0. The van der Waals surface area contributed by atoms with E-state index in [1.807, 2.05) is 44.2 Å².